The molecule has 2 rings (SSSR count). The van der Waals surface area contributed by atoms with E-state index in [-0.39, 0.29) is 6.61 Å². The molecule has 0 saturated carbocycles. The fraction of sp³-hybridized carbons (Fsp3) is 0.250. The molecule has 0 aromatic heterocycles. The number of aliphatic hydroxyl groups is 1. The maximum atomic E-state index is 9.94. The first-order valence-electron chi connectivity index (χ1n) is 6.62. The SMILES string of the molecule is OC(COc1ccc(Cl)cc1Cl)CSCc1ccc(Cl)cc1. The van der Waals surface area contributed by atoms with Crippen molar-refractivity contribution in [2.24, 2.45) is 0 Å². The highest BCUT2D eigenvalue weighted by molar-refractivity contribution is 7.98. The number of ether oxygens (including phenoxy) is 1. The molecular formula is C16H15Cl3O2S. The summed E-state index contributed by atoms with van der Waals surface area (Å²) in [6.45, 7) is 0.189. The minimum atomic E-state index is -0.566. The Labute approximate surface area is 149 Å². The van der Waals surface area contributed by atoms with E-state index in [9.17, 15) is 5.11 Å². The Morgan fingerprint density at radius 2 is 1.68 bits per heavy atom. The van der Waals surface area contributed by atoms with Gasteiger partial charge in [-0.05, 0) is 35.9 Å². The summed E-state index contributed by atoms with van der Waals surface area (Å²) in [7, 11) is 0. The van der Waals surface area contributed by atoms with Crippen molar-refractivity contribution >= 4 is 46.6 Å². The molecule has 2 nitrogen and oxygen atoms in total. The van der Waals surface area contributed by atoms with Crippen molar-refractivity contribution in [3.63, 3.8) is 0 Å². The van der Waals surface area contributed by atoms with Gasteiger partial charge in [-0.3, -0.25) is 0 Å². The van der Waals surface area contributed by atoms with Gasteiger partial charge in [0.15, 0.2) is 0 Å². The van der Waals surface area contributed by atoms with Gasteiger partial charge in [-0.2, -0.15) is 11.8 Å². The molecule has 6 heteroatoms. The lowest BCUT2D eigenvalue weighted by atomic mass is 10.2. The van der Waals surface area contributed by atoms with Gasteiger partial charge in [0.05, 0.1) is 11.1 Å². The Balaban J connectivity index is 1.71. The second kappa shape index (κ2) is 8.90. The highest BCUT2D eigenvalue weighted by Gasteiger charge is 2.08. The van der Waals surface area contributed by atoms with Crippen molar-refractivity contribution < 1.29 is 9.84 Å². The number of halogens is 3. The molecule has 22 heavy (non-hydrogen) atoms. The second-order valence-corrected chi connectivity index (χ2v) is 6.99. The van der Waals surface area contributed by atoms with E-state index in [2.05, 4.69) is 0 Å². The number of hydrogen-bond donors (Lipinski definition) is 1. The standard InChI is InChI=1S/C16H15Cl3O2S/c17-12-3-1-11(2-4-12)9-22-10-14(20)8-21-16-6-5-13(18)7-15(16)19/h1-7,14,20H,8-10H2. The highest BCUT2D eigenvalue weighted by atomic mass is 35.5. The van der Waals surface area contributed by atoms with Gasteiger partial charge < -0.3 is 9.84 Å². The monoisotopic (exact) mass is 376 g/mol. The van der Waals surface area contributed by atoms with E-state index in [1.54, 1.807) is 30.0 Å². The van der Waals surface area contributed by atoms with Crippen LogP contribution < -0.4 is 4.74 Å². The van der Waals surface area contributed by atoms with Crippen molar-refractivity contribution in [2.75, 3.05) is 12.4 Å². The average molecular weight is 378 g/mol. The van der Waals surface area contributed by atoms with Gasteiger partial charge in [-0.15, -0.1) is 0 Å². The molecule has 0 radical (unpaired) electrons. The summed E-state index contributed by atoms with van der Waals surface area (Å²) in [5, 5.41) is 11.7. The molecule has 0 bridgehead atoms. The van der Waals surface area contributed by atoms with Crippen LogP contribution >= 0.6 is 46.6 Å². The van der Waals surface area contributed by atoms with Crippen LogP contribution in [0.5, 0.6) is 5.75 Å². The van der Waals surface area contributed by atoms with Gasteiger partial charge in [0, 0.05) is 21.6 Å². The summed E-state index contributed by atoms with van der Waals surface area (Å²) in [4.78, 5) is 0. The molecule has 1 unspecified atom stereocenters. The van der Waals surface area contributed by atoms with Gasteiger partial charge in [-0.1, -0.05) is 46.9 Å². The van der Waals surface area contributed by atoms with E-state index in [4.69, 9.17) is 39.5 Å². The predicted molar refractivity (Wildman–Crippen MR) is 95.6 cm³/mol. The summed E-state index contributed by atoms with van der Waals surface area (Å²) in [6, 6.07) is 12.7. The van der Waals surface area contributed by atoms with Crippen LogP contribution in [0.4, 0.5) is 0 Å². The summed E-state index contributed by atoms with van der Waals surface area (Å²) in [5.41, 5.74) is 1.17. The molecule has 0 amide bonds. The van der Waals surface area contributed by atoms with E-state index in [1.807, 2.05) is 24.3 Å². The van der Waals surface area contributed by atoms with Crippen molar-refractivity contribution in [1.29, 1.82) is 0 Å². The molecule has 2 aromatic carbocycles. The van der Waals surface area contributed by atoms with E-state index in [0.717, 1.165) is 10.8 Å². The van der Waals surface area contributed by atoms with Gasteiger partial charge in [0.25, 0.3) is 0 Å². The smallest absolute Gasteiger partial charge is 0.138 e. The quantitative estimate of drug-likeness (QED) is 0.708. The van der Waals surface area contributed by atoms with Crippen molar-refractivity contribution in [2.45, 2.75) is 11.9 Å². The molecule has 118 valence electrons. The Kier molecular flexibility index (Phi) is 7.19. The molecule has 0 aliphatic heterocycles. The molecule has 1 N–H and O–H groups in total. The molecular weight excluding hydrogens is 363 g/mol. The van der Waals surface area contributed by atoms with Crippen LogP contribution in [0.1, 0.15) is 5.56 Å². The van der Waals surface area contributed by atoms with Crippen LogP contribution in [-0.2, 0) is 5.75 Å². The van der Waals surface area contributed by atoms with Crippen LogP contribution in [0.25, 0.3) is 0 Å². The number of aliphatic hydroxyl groups excluding tert-OH is 1. The molecule has 0 saturated heterocycles. The third kappa shape index (κ3) is 5.90. The van der Waals surface area contributed by atoms with E-state index < -0.39 is 6.10 Å². The second-order valence-electron chi connectivity index (χ2n) is 4.68. The minimum absolute atomic E-state index is 0.189. The molecule has 1 atom stereocenters. The largest absolute Gasteiger partial charge is 0.489 e. The number of thioether (sulfide) groups is 1. The van der Waals surface area contributed by atoms with Crippen LogP contribution in [0.3, 0.4) is 0 Å². The zero-order valence-electron chi connectivity index (χ0n) is 11.6. The Hall–Kier alpha value is -0.580. The summed E-state index contributed by atoms with van der Waals surface area (Å²) >= 11 is 19.3. The van der Waals surface area contributed by atoms with Crippen LogP contribution in [0.15, 0.2) is 42.5 Å². The zero-order chi connectivity index (χ0) is 15.9. The van der Waals surface area contributed by atoms with Gasteiger partial charge >= 0.3 is 0 Å². The molecule has 0 aliphatic rings. The minimum Gasteiger partial charge on any atom is -0.489 e. The lowest BCUT2D eigenvalue weighted by molar-refractivity contribution is 0.126. The maximum absolute atomic E-state index is 9.94. The number of benzene rings is 2. The first kappa shape index (κ1) is 17.8. The average Bonchev–Trinajstić information content (AvgIpc) is 2.48. The number of rotatable bonds is 7. The van der Waals surface area contributed by atoms with Gasteiger partial charge in [0.1, 0.15) is 12.4 Å². The Morgan fingerprint density at radius 1 is 1.00 bits per heavy atom. The summed E-state index contributed by atoms with van der Waals surface area (Å²) in [6.07, 6.45) is -0.566. The van der Waals surface area contributed by atoms with Crippen molar-refractivity contribution in [1.82, 2.24) is 0 Å². The maximum Gasteiger partial charge on any atom is 0.138 e. The molecule has 2 aromatic rings. The topological polar surface area (TPSA) is 29.5 Å². The third-order valence-electron chi connectivity index (χ3n) is 2.82. The molecule has 0 fully saturated rings. The fourth-order valence-electron chi connectivity index (χ4n) is 1.72. The fourth-order valence-corrected chi connectivity index (χ4v) is 3.22. The highest BCUT2D eigenvalue weighted by Crippen LogP contribution is 2.27. The van der Waals surface area contributed by atoms with E-state index in [1.165, 1.54) is 5.56 Å². The first-order valence-corrected chi connectivity index (χ1v) is 8.91. The molecule has 0 spiro atoms. The third-order valence-corrected chi connectivity index (χ3v) is 4.76. The lowest BCUT2D eigenvalue weighted by Gasteiger charge is -2.13. The van der Waals surface area contributed by atoms with Gasteiger partial charge in [0.2, 0.25) is 0 Å². The van der Waals surface area contributed by atoms with Crippen molar-refractivity contribution in [3.8, 4) is 5.75 Å². The van der Waals surface area contributed by atoms with Gasteiger partial charge in [-0.25, -0.2) is 0 Å². The van der Waals surface area contributed by atoms with E-state index in [0.29, 0.717) is 21.5 Å². The Bertz CT molecular complexity index is 605. The molecule has 0 heterocycles. The van der Waals surface area contributed by atoms with Crippen LogP contribution in [0.2, 0.25) is 15.1 Å². The first-order chi connectivity index (χ1) is 10.5. The molecule has 0 aliphatic carbocycles. The normalized spacial score (nSPS) is 12.2. The summed E-state index contributed by atoms with van der Waals surface area (Å²) in [5.74, 6) is 1.91. The predicted octanol–water partition coefficient (Wildman–Crippen LogP) is 5.32. The lowest BCUT2D eigenvalue weighted by Crippen LogP contribution is -2.20. The zero-order valence-corrected chi connectivity index (χ0v) is 14.7. The van der Waals surface area contributed by atoms with E-state index >= 15 is 0 Å². The van der Waals surface area contributed by atoms with Crippen LogP contribution in [-0.4, -0.2) is 23.6 Å². The number of hydrogen-bond acceptors (Lipinski definition) is 3. The van der Waals surface area contributed by atoms with Crippen molar-refractivity contribution in [3.05, 3.63) is 63.1 Å². The summed E-state index contributed by atoms with van der Waals surface area (Å²) < 4.78 is 5.50. The Morgan fingerprint density at radius 3 is 2.36 bits per heavy atom. The van der Waals surface area contributed by atoms with Crippen LogP contribution in [0, 0.1) is 0 Å².